The summed E-state index contributed by atoms with van der Waals surface area (Å²) < 4.78 is 6.79. The number of hydrogen-bond acceptors (Lipinski definition) is 3. The van der Waals surface area contributed by atoms with Gasteiger partial charge in [-0.25, -0.2) is 4.79 Å². The van der Waals surface area contributed by atoms with Crippen molar-refractivity contribution in [1.29, 1.82) is 0 Å². The van der Waals surface area contributed by atoms with Gasteiger partial charge in [-0.05, 0) is 13.0 Å². The number of amides is 1. The third-order valence-corrected chi connectivity index (χ3v) is 2.00. The highest BCUT2D eigenvalue weighted by Crippen LogP contribution is 2.18. The number of alkyl carbamates (subject to hydrolysis) is 1. The molecule has 0 bridgehead atoms. The van der Waals surface area contributed by atoms with Gasteiger partial charge in [0.25, 0.3) is 0 Å². The van der Waals surface area contributed by atoms with Crippen LogP contribution in [0, 0.1) is 0 Å². The Kier molecular flexibility index (Phi) is 1.92. The van der Waals surface area contributed by atoms with E-state index >= 15 is 0 Å². The molecule has 1 saturated heterocycles. The molecule has 1 fully saturated rings. The molecule has 2 rings (SSSR count). The summed E-state index contributed by atoms with van der Waals surface area (Å²) in [7, 11) is 0. The molecule has 1 aromatic rings. The Morgan fingerprint density at radius 1 is 1.85 bits per heavy atom. The quantitative estimate of drug-likeness (QED) is 0.730. The summed E-state index contributed by atoms with van der Waals surface area (Å²) in [6.45, 7) is 3.35. The van der Waals surface area contributed by atoms with Gasteiger partial charge in [0.15, 0.2) is 6.10 Å². The Morgan fingerprint density at radius 2 is 2.69 bits per heavy atom. The summed E-state index contributed by atoms with van der Waals surface area (Å²) in [5.41, 5.74) is 0.806. The number of aromatic nitrogens is 2. The Labute approximate surface area is 75.7 Å². The molecule has 1 aliphatic rings. The van der Waals surface area contributed by atoms with E-state index in [1.54, 1.807) is 0 Å². The van der Waals surface area contributed by atoms with Gasteiger partial charge in [0.2, 0.25) is 0 Å². The van der Waals surface area contributed by atoms with E-state index in [0.29, 0.717) is 6.54 Å². The molecule has 1 unspecified atom stereocenters. The van der Waals surface area contributed by atoms with Crippen molar-refractivity contribution in [2.45, 2.75) is 19.6 Å². The predicted molar refractivity (Wildman–Crippen MR) is 45.1 cm³/mol. The van der Waals surface area contributed by atoms with Gasteiger partial charge in [0, 0.05) is 12.7 Å². The zero-order valence-corrected chi connectivity index (χ0v) is 7.36. The highest BCUT2D eigenvalue weighted by molar-refractivity contribution is 5.69. The van der Waals surface area contributed by atoms with Crippen molar-refractivity contribution in [3.8, 4) is 0 Å². The average molecular weight is 181 g/mol. The molecule has 1 N–H and O–H groups in total. The first-order valence-corrected chi connectivity index (χ1v) is 4.27. The van der Waals surface area contributed by atoms with E-state index in [0.717, 1.165) is 12.2 Å². The van der Waals surface area contributed by atoms with Crippen molar-refractivity contribution in [2.75, 3.05) is 6.54 Å². The molecular weight excluding hydrogens is 170 g/mol. The fourth-order valence-corrected chi connectivity index (χ4v) is 1.28. The van der Waals surface area contributed by atoms with Gasteiger partial charge in [0.05, 0.1) is 6.54 Å². The molecule has 0 spiro atoms. The number of aryl methyl sites for hydroxylation is 1. The molecule has 1 amide bonds. The van der Waals surface area contributed by atoms with E-state index in [9.17, 15) is 4.79 Å². The van der Waals surface area contributed by atoms with E-state index in [4.69, 9.17) is 4.74 Å². The van der Waals surface area contributed by atoms with Crippen LogP contribution in [-0.2, 0) is 11.3 Å². The van der Waals surface area contributed by atoms with Crippen LogP contribution in [0.5, 0.6) is 0 Å². The minimum Gasteiger partial charge on any atom is -0.438 e. The van der Waals surface area contributed by atoms with Crippen molar-refractivity contribution >= 4 is 6.09 Å². The van der Waals surface area contributed by atoms with Gasteiger partial charge in [-0.2, -0.15) is 5.10 Å². The smallest absolute Gasteiger partial charge is 0.408 e. The Bertz CT molecular complexity index is 321. The molecule has 1 aromatic heterocycles. The maximum atomic E-state index is 10.7. The van der Waals surface area contributed by atoms with Gasteiger partial charge in [0.1, 0.15) is 5.69 Å². The van der Waals surface area contributed by atoms with Crippen LogP contribution in [0.4, 0.5) is 4.79 Å². The van der Waals surface area contributed by atoms with Crippen molar-refractivity contribution in [2.24, 2.45) is 0 Å². The Hall–Kier alpha value is -1.52. The van der Waals surface area contributed by atoms with Crippen LogP contribution in [0.2, 0.25) is 0 Å². The molecule has 0 aromatic carbocycles. The van der Waals surface area contributed by atoms with Gasteiger partial charge >= 0.3 is 6.09 Å². The lowest BCUT2D eigenvalue weighted by molar-refractivity contribution is 0.138. The van der Waals surface area contributed by atoms with E-state index in [1.165, 1.54) is 0 Å². The normalized spacial score (nSPS) is 21.3. The molecule has 0 radical (unpaired) electrons. The molecule has 70 valence electrons. The van der Waals surface area contributed by atoms with Crippen LogP contribution in [0.3, 0.4) is 0 Å². The first-order chi connectivity index (χ1) is 6.29. The number of nitrogens with zero attached hydrogens (tertiary/aromatic N) is 2. The van der Waals surface area contributed by atoms with Gasteiger partial charge in [-0.3, -0.25) is 4.68 Å². The standard InChI is InChI=1S/C8H11N3O2/c1-2-11-4-3-6(10-11)7-5-9-8(12)13-7/h3-4,7H,2,5H2,1H3,(H,9,12). The van der Waals surface area contributed by atoms with Crippen LogP contribution in [0.25, 0.3) is 0 Å². The third-order valence-electron chi connectivity index (χ3n) is 2.00. The Morgan fingerprint density at radius 3 is 3.23 bits per heavy atom. The highest BCUT2D eigenvalue weighted by atomic mass is 16.6. The second-order valence-electron chi connectivity index (χ2n) is 2.87. The van der Waals surface area contributed by atoms with Crippen LogP contribution in [-0.4, -0.2) is 22.4 Å². The van der Waals surface area contributed by atoms with Crippen molar-refractivity contribution in [3.05, 3.63) is 18.0 Å². The molecule has 1 aliphatic heterocycles. The topological polar surface area (TPSA) is 56.2 Å². The van der Waals surface area contributed by atoms with Crippen molar-refractivity contribution in [1.82, 2.24) is 15.1 Å². The second-order valence-corrected chi connectivity index (χ2v) is 2.87. The molecule has 13 heavy (non-hydrogen) atoms. The van der Waals surface area contributed by atoms with E-state index in [2.05, 4.69) is 10.4 Å². The molecule has 0 saturated carbocycles. The summed E-state index contributed by atoms with van der Waals surface area (Å²) in [6.07, 6.45) is 1.29. The fraction of sp³-hybridized carbons (Fsp3) is 0.500. The molecule has 0 aliphatic carbocycles. The van der Waals surface area contributed by atoms with Crippen LogP contribution in [0.15, 0.2) is 12.3 Å². The monoisotopic (exact) mass is 181 g/mol. The lowest BCUT2D eigenvalue weighted by Crippen LogP contribution is -2.12. The number of rotatable bonds is 2. The second kappa shape index (κ2) is 3.08. The Balaban J connectivity index is 2.12. The minimum atomic E-state index is -0.365. The zero-order valence-electron chi connectivity index (χ0n) is 7.36. The van der Waals surface area contributed by atoms with Crippen LogP contribution < -0.4 is 5.32 Å². The first-order valence-electron chi connectivity index (χ1n) is 4.27. The van der Waals surface area contributed by atoms with Gasteiger partial charge < -0.3 is 10.1 Å². The largest absolute Gasteiger partial charge is 0.438 e. The van der Waals surface area contributed by atoms with Gasteiger partial charge in [-0.15, -0.1) is 0 Å². The minimum absolute atomic E-state index is 0.222. The number of carbonyl (C=O) groups is 1. The number of carbonyl (C=O) groups excluding carboxylic acids is 1. The maximum Gasteiger partial charge on any atom is 0.408 e. The van der Waals surface area contributed by atoms with Crippen molar-refractivity contribution < 1.29 is 9.53 Å². The molecule has 5 nitrogen and oxygen atoms in total. The lowest BCUT2D eigenvalue weighted by atomic mass is 10.3. The number of ether oxygens (including phenoxy) is 1. The summed E-state index contributed by atoms with van der Waals surface area (Å²) >= 11 is 0. The summed E-state index contributed by atoms with van der Waals surface area (Å²) in [6, 6.07) is 1.87. The van der Waals surface area contributed by atoms with Crippen LogP contribution >= 0.6 is 0 Å². The first kappa shape index (κ1) is 8.10. The summed E-state index contributed by atoms with van der Waals surface area (Å²) in [4.78, 5) is 10.7. The summed E-state index contributed by atoms with van der Waals surface area (Å²) in [5.74, 6) is 0. The lowest BCUT2D eigenvalue weighted by Gasteiger charge is -2.02. The number of cyclic esters (lactones) is 1. The van der Waals surface area contributed by atoms with E-state index in [-0.39, 0.29) is 12.2 Å². The predicted octanol–water partition coefficient (Wildman–Crippen LogP) is 0.684. The molecular formula is C8H11N3O2. The average Bonchev–Trinajstić information content (AvgIpc) is 2.71. The third kappa shape index (κ3) is 1.49. The molecule has 5 heteroatoms. The fourth-order valence-electron chi connectivity index (χ4n) is 1.28. The maximum absolute atomic E-state index is 10.7. The van der Waals surface area contributed by atoms with E-state index in [1.807, 2.05) is 23.9 Å². The highest BCUT2D eigenvalue weighted by Gasteiger charge is 2.25. The zero-order chi connectivity index (χ0) is 9.26. The van der Waals surface area contributed by atoms with Gasteiger partial charge in [-0.1, -0.05) is 0 Å². The van der Waals surface area contributed by atoms with Crippen molar-refractivity contribution in [3.63, 3.8) is 0 Å². The molecule has 2 heterocycles. The number of nitrogens with one attached hydrogen (secondary N) is 1. The SMILES string of the molecule is CCn1ccc(C2CNC(=O)O2)n1. The van der Waals surface area contributed by atoms with Crippen LogP contribution in [0.1, 0.15) is 18.7 Å². The summed E-state index contributed by atoms with van der Waals surface area (Å²) in [5, 5.41) is 6.83. The number of hydrogen-bond donors (Lipinski definition) is 1. The van der Waals surface area contributed by atoms with E-state index < -0.39 is 0 Å². The molecule has 1 atom stereocenters.